The van der Waals surface area contributed by atoms with Crippen molar-refractivity contribution >= 4 is 27.3 Å². The molecule has 174 valence electrons. The second kappa shape index (κ2) is 10.3. The molecular formula is C24H26N2O6S. The number of benzene rings is 3. The topological polar surface area (TPSA) is 94.2 Å². The van der Waals surface area contributed by atoms with Crippen LogP contribution in [0, 0.1) is 6.92 Å². The van der Waals surface area contributed by atoms with Crippen molar-refractivity contribution in [3.8, 4) is 17.2 Å². The van der Waals surface area contributed by atoms with Gasteiger partial charge in [0.15, 0.2) is 6.61 Å². The molecule has 0 aromatic heterocycles. The van der Waals surface area contributed by atoms with Gasteiger partial charge >= 0.3 is 0 Å². The summed E-state index contributed by atoms with van der Waals surface area (Å²) in [6.07, 6.45) is 0. The van der Waals surface area contributed by atoms with E-state index in [1.807, 2.05) is 6.92 Å². The van der Waals surface area contributed by atoms with Crippen molar-refractivity contribution in [3.05, 3.63) is 72.3 Å². The van der Waals surface area contributed by atoms with Crippen molar-refractivity contribution in [2.24, 2.45) is 0 Å². The molecule has 8 nitrogen and oxygen atoms in total. The number of nitrogens with zero attached hydrogens (tertiary/aromatic N) is 1. The van der Waals surface area contributed by atoms with E-state index in [-0.39, 0.29) is 17.4 Å². The standard InChI is InChI=1S/C24H26N2O6S/c1-17-5-12-21(13-6-17)33(28,29)26(2)18-7-9-19(10-8-18)32-16-24(27)25-22-14-11-20(30-3)15-23(22)31-4/h5-15H,16H2,1-4H3,(H,25,27). The lowest BCUT2D eigenvalue weighted by Gasteiger charge is -2.20. The molecule has 0 radical (unpaired) electrons. The first-order valence-corrected chi connectivity index (χ1v) is 11.5. The number of methoxy groups -OCH3 is 2. The van der Waals surface area contributed by atoms with E-state index in [0.29, 0.717) is 28.6 Å². The third-order valence-electron chi connectivity index (χ3n) is 4.93. The number of aryl methyl sites for hydroxylation is 1. The quantitative estimate of drug-likeness (QED) is 0.511. The van der Waals surface area contributed by atoms with Gasteiger partial charge in [-0.05, 0) is 55.5 Å². The first-order chi connectivity index (χ1) is 15.7. The first kappa shape index (κ1) is 23.9. The maximum atomic E-state index is 12.8. The molecule has 3 rings (SSSR count). The minimum Gasteiger partial charge on any atom is -0.497 e. The Bertz CT molecular complexity index is 1210. The summed E-state index contributed by atoms with van der Waals surface area (Å²) < 4.78 is 42.8. The fraction of sp³-hybridized carbons (Fsp3) is 0.208. The molecule has 0 saturated carbocycles. The summed E-state index contributed by atoms with van der Waals surface area (Å²) in [5.74, 6) is 1.12. The Labute approximate surface area is 193 Å². The van der Waals surface area contributed by atoms with Crippen LogP contribution in [0.4, 0.5) is 11.4 Å². The van der Waals surface area contributed by atoms with Gasteiger partial charge in [-0.2, -0.15) is 0 Å². The zero-order valence-corrected chi connectivity index (χ0v) is 19.7. The number of amides is 1. The molecule has 0 aliphatic carbocycles. The molecule has 0 fully saturated rings. The van der Waals surface area contributed by atoms with E-state index in [1.165, 1.54) is 18.5 Å². The summed E-state index contributed by atoms with van der Waals surface area (Å²) in [4.78, 5) is 12.5. The summed E-state index contributed by atoms with van der Waals surface area (Å²) in [5, 5.41) is 2.72. The van der Waals surface area contributed by atoms with Crippen LogP contribution in [-0.2, 0) is 14.8 Å². The van der Waals surface area contributed by atoms with Gasteiger partial charge in [0.05, 0.1) is 30.5 Å². The fourth-order valence-electron chi connectivity index (χ4n) is 3.00. The van der Waals surface area contributed by atoms with Gasteiger partial charge in [0.25, 0.3) is 15.9 Å². The van der Waals surface area contributed by atoms with Crippen LogP contribution in [0.2, 0.25) is 0 Å². The van der Waals surface area contributed by atoms with Crippen molar-refractivity contribution in [1.29, 1.82) is 0 Å². The average molecular weight is 471 g/mol. The van der Waals surface area contributed by atoms with E-state index in [2.05, 4.69) is 5.32 Å². The minimum absolute atomic E-state index is 0.210. The lowest BCUT2D eigenvalue weighted by atomic mass is 10.2. The number of carbonyl (C=O) groups excluding carboxylic acids is 1. The molecule has 0 atom stereocenters. The number of carbonyl (C=O) groups is 1. The average Bonchev–Trinajstić information content (AvgIpc) is 2.83. The summed E-state index contributed by atoms with van der Waals surface area (Å²) >= 11 is 0. The summed E-state index contributed by atoms with van der Waals surface area (Å²) in [5.41, 5.74) is 1.94. The molecule has 9 heteroatoms. The van der Waals surface area contributed by atoms with Gasteiger partial charge < -0.3 is 19.5 Å². The van der Waals surface area contributed by atoms with E-state index in [0.717, 1.165) is 5.56 Å². The zero-order valence-electron chi connectivity index (χ0n) is 18.9. The van der Waals surface area contributed by atoms with E-state index in [9.17, 15) is 13.2 Å². The van der Waals surface area contributed by atoms with Crippen molar-refractivity contribution in [3.63, 3.8) is 0 Å². The number of rotatable bonds is 9. The van der Waals surface area contributed by atoms with Gasteiger partial charge in [0, 0.05) is 13.1 Å². The van der Waals surface area contributed by atoms with Crippen molar-refractivity contribution in [1.82, 2.24) is 0 Å². The first-order valence-electron chi connectivity index (χ1n) is 10.0. The number of ether oxygens (including phenoxy) is 3. The molecule has 1 N–H and O–H groups in total. The molecule has 0 aliphatic rings. The van der Waals surface area contributed by atoms with Gasteiger partial charge in [0.1, 0.15) is 17.2 Å². The Morgan fingerprint density at radius 2 is 1.55 bits per heavy atom. The van der Waals surface area contributed by atoms with Crippen molar-refractivity contribution in [2.75, 3.05) is 37.5 Å². The molecule has 0 spiro atoms. The van der Waals surface area contributed by atoms with Crippen LogP contribution in [0.5, 0.6) is 17.2 Å². The van der Waals surface area contributed by atoms with Crippen LogP contribution >= 0.6 is 0 Å². The Hall–Kier alpha value is -3.72. The Morgan fingerprint density at radius 3 is 2.15 bits per heavy atom. The monoisotopic (exact) mass is 470 g/mol. The van der Waals surface area contributed by atoms with E-state index < -0.39 is 10.0 Å². The van der Waals surface area contributed by atoms with Crippen molar-refractivity contribution in [2.45, 2.75) is 11.8 Å². The van der Waals surface area contributed by atoms with Crippen LogP contribution in [-0.4, -0.2) is 42.2 Å². The highest BCUT2D eigenvalue weighted by molar-refractivity contribution is 7.92. The third-order valence-corrected chi connectivity index (χ3v) is 6.73. The molecule has 33 heavy (non-hydrogen) atoms. The second-order valence-electron chi connectivity index (χ2n) is 7.18. The summed E-state index contributed by atoms with van der Waals surface area (Å²) in [6, 6.07) is 18.2. The SMILES string of the molecule is COc1ccc(NC(=O)COc2ccc(N(C)S(=O)(=O)c3ccc(C)cc3)cc2)c(OC)c1. The van der Waals surface area contributed by atoms with Crippen LogP contribution in [0.3, 0.4) is 0 Å². The maximum absolute atomic E-state index is 12.8. The second-order valence-corrected chi connectivity index (χ2v) is 9.15. The van der Waals surface area contributed by atoms with Crippen molar-refractivity contribution < 1.29 is 27.4 Å². The van der Waals surface area contributed by atoms with Gasteiger partial charge in [0.2, 0.25) is 0 Å². The predicted octanol–water partition coefficient (Wildman–Crippen LogP) is 3.85. The number of hydrogen-bond acceptors (Lipinski definition) is 6. The zero-order chi connectivity index (χ0) is 24.0. The normalized spacial score (nSPS) is 10.9. The van der Waals surface area contributed by atoms with Gasteiger partial charge in [-0.1, -0.05) is 17.7 Å². The van der Waals surface area contributed by atoms with Crippen LogP contribution in [0.1, 0.15) is 5.56 Å². The highest BCUT2D eigenvalue weighted by Gasteiger charge is 2.21. The van der Waals surface area contributed by atoms with E-state index in [4.69, 9.17) is 14.2 Å². The molecule has 0 unspecified atom stereocenters. The fourth-order valence-corrected chi connectivity index (χ4v) is 4.19. The summed E-state index contributed by atoms with van der Waals surface area (Å²) in [7, 11) is 0.843. The largest absolute Gasteiger partial charge is 0.497 e. The van der Waals surface area contributed by atoms with Gasteiger partial charge in [-0.15, -0.1) is 0 Å². The van der Waals surface area contributed by atoms with Gasteiger partial charge in [-0.25, -0.2) is 8.42 Å². The van der Waals surface area contributed by atoms with Crippen LogP contribution in [0.15, 0.2) is 71.6 Å². The molecule has 1 amide bonds. The molecular weight excluding hydrogens is 444 g/mol. The van der Waals surface area contributed by atoms with E-state index in [1.54, 1.807) is 73.8 Å². The smallest absolute Gasteiger partial charge is 0.264 e. The third kappa shape index (κ3) is 5.75. The lowest BCUT2D eigenvalue weighted by Crippen LogP contribution is -2.26. The number of nitrogens with one attached hydrogen (secondary N) is 1. The number of anilines is 2. The number of hydrogen-bond donors (Lipinski definition) is 1. The molecule has 0 saturated heterocycles. The molecule has 0 bridgehead atoms. The summed E-state index contributed by atoms with van der Waals surface area (Å²) in [6.45, 7) is 1.67. The number of sulfonamides is 1. The highest BCUT2D eigenvalue weighted by Crippen LogP contribution is 2.29. The van der Waals surface area contributed by atoms with Gasteiger partial charge in [-0.3, -0.25) is 9.10 Å². The van der Waals surface area contributed by atoms with Crippen LogP contribution in [0.25, 0.3) is 0 Å². The molecule has 3 aromatic carbocycles. The molecule has 3 aromatic rings. The Balaban J connectivity index is 1.61. The molecule has 0 heterocycles. The predicted molar refractivity (Wildman–Crippen MR) is 127 cm³/mol. The minimum atomic E-state index is -3.69. The Kier molecular flexibility index (Phi) is 7.44. The molecule has 0 aliphatic heterocycles. The van der Waals surface area contributed by atoms with E-state index >= 15 is 0 Å². The maximum Gasteiger partial charge on any atom is 0.264 e. The van der Waals surface area contributed by atoms with Crippen LogP contribution < -0.4 is 23.8 Å². The Morgan fingerprint density at radius 1 is 0.909 bits per heavy atom. The lowest BCUT2D eigenvalue weighted by molar-refractivity contribution is -0.118. The highest BCUT2D eigenvalue weighted by atomic mass is 32.2.